The molecule has 0 aliphatic rings. The Morgan fingerprint density at radius 3 is 1.55 bits per heavy atom. The number of aliphatic carboxylic acids is 3. The van der Waals surface area contributed by atoms with Crippen LogP contribution in [0.2, 0.25) is 0 Å². The maximum Gasteiger partial charge on any atom is 0.349 e. The van der Waals surface area contributed by atoms with Gasteiger partial charge in [0.15, 0.2) is 34.5 Å². The Hall–Kier alpha value is -6.71. The Labute approximate surface area is 263 Å². The van der Waals surface area contributed by atoms with Gasteiger partial charge in [-0.15, -0.1) is 0 Å². The van der Waals surface area contributed by atoms with Gasteiger partial charge in [0.05, 0.1) is 5.92 Å². The van der Waals surface area contributed by atoms with Crippen LogP contribution in [0.25, 0.3) is 12.2 Å². The zero-order valence-corrected chi connectivity index (χ0v) is 23.8. The van der Waals surface area contributed by atoms with E-state index in [1.54, 1.807) is 0 Å². The molecule has 3 aromatic carbocycles. The standard InChI is InChI=1S/C31H26O16/c32-19-5-1-14(11-21(19)34)3-7-24(37)46-27(30(42)43)28(31(44)45)47-25(38)8-4-16-9-17(26(39)23(36)13-16)18(29(40)41)10-15-2-6-20(33)22(35)12-15/h1-9,11-13,18,27-28,32-36,39H,10H2,(H,40,41)(H,42,43)(H,44,45)/t18-,27-,28+/m1/s1. The number of aromatic hydroxyl groups is 6. The lowest BCUT2D eigenvalue weighted by molar-refractivity contribution is -0.183. The average molecular weight is 655 g/mol. The molecule has 0 bridgehead atoms. The molecule has 0 saturated heterocycles. The van der Waals surface area contributed by atoms with E-state index >= 15 is 0 Å². The first-order valence-electron chi connectivity index (χ1n) is 13.1. The van der Waals surface area contributed by atoms with Crippen LogP contribution >= 0.6 is 0 Å². The molecule has 0 fully saturated rings. The third kappa shape index (κ3) is 9.15. The number of carboxylic acid groups (broad SMARTS) is 3. The molecule has 0 aromatic heterocycles. The highest BCUT2D eigenvalue weighted by atomic mass is 16.6. The van der Waals surface area contributed by atoms with Crippen LogP contribution in [0, 0.1) is 0 Å². The second-order valence-electron chi connectivity index (χ2n) is 9.70. The first-order chi connectivity index (χ1) is 22.1. The van der Waals surface area contributed by atoms with E-state index in [0.717, 1.165) is 48.6 Å². The molecule has 0 unspecified atom stereocenters. The normalized spacial score (nSPS) is 13.1. The first-order valence-corrected chi connectivity index (χ1v) is 13.1. The Bertz CT molecular complexity index is 1770. The van der Waals surface area contributed by atoms with Crippen LogP contribution in [-0.2, 0) is 39.9 Å². The molecule has 3 aromatic rings. The highest BCUT2D eigenvalue weighted by Gasteiger charge is 2.40. The molecule has 0 heterocycles. The quantitative estimate of drug-likeness (QED) is 0.0724. The van der Waals surface area contributed by atoms with E-state index < -0.39 is 82.5 Å². The first kappa shape index (κ1) is 34.8. The van der Waals surface area contributed by atoms with Crippen LogP contribution < -0.4 is 0 Å². The predicted octanol–water partition coefficient (Wildman–Crippen LogP) is 2.05. The smallest absolute Gasteiger partial charge is 0.349 e. The lowest BCUT2D eigenvalue weighted by atomic mass is 9.89. The van der Waals surface area contributed by atoms with Crippen molar-refractivity contribution in [2.45, 2.75) is 24.5 Å². The zero-order chi connectivity index (χ0) is 35.0. The number of hydrogen-bond donors (Lipinski definition) is 9. The minimum absolute atomic E-state index is 0.0921. The summed E-state index contributed by atoms with van der Waals surface area (Å²) in [5.74, 6) is -13.4. The molecule has 16 heteroatoms. The van der Waals surface area contributed by atoms with Crippen LogP contribution in [0.15, 0.2) is 60.7 Å². The fraction of sp³-hybridized carbons (Fsp3) is 0.129. The van der Waals surface area contributed by atoms with E-state index in [-0.39, 0.29) is 28.7 Å². The number of carboxylic acids is 3. The SMILES string of the molecule is O=C(C=Cc1cc(O)c(O)c([C@@H](Cc2ccc(O)c(O)c2)C(=O)O)c1)O[C@H](C(=O)O)[C@@H](OC(=O)C=Cc1ccc(O)c(O)c1)C(=O)O. The van der Waals surface area contributed by atoms with Crippen LogP contribution in [0.1, 0.15) is 28.2 Å². The fourth-order valence-electron chi connectivity index (χ4n) is 4.07. The summed E-state index contributed by atoms with van der Waals surface area (Å²) in [6.45, 7) is 0. The molecule has 0 aliphatic carbocycles. The van der Waals surface area contributed by atoms with E-state index in [9.17, 15) is 69.9 Å². The number of ether oxygens (including phenoxy) is 2. The highest BCUT2D eigenvalue weighted by Crippen LogP contribution is 2.38. The average Bonchev–Trinajstić information content (AvgIpc) is 3.00. The van der Waals surface area contributed by atoms with Crippen LogP contribution in [-0.4, -0.2) is 88.0 Å². The van der Waals surface area contributed by atoms with Gasteiger partial charge in [0, 0.05) is 17.7 Å². The monoisotopic (exact) mass is 654 g/mol. The van der Waals surface area contributed by atoms with Gasteiger partial charge in [-0.2, -0.15) is 0 Å². The molecule has 0 amide bonds. The van der Waals surface area contributed by atoms with E-state index in [1.807, 2.05) is 0 Å². The molecule has 16 nitrogen and oxygen atoms in total. The number of phenols is 6. The lowest BCUT2D eigenvalue weighted by Gasteiger charge is -2.19. The Kier molecular flexibility index (Phi) is 11.0. The molecular formula is C31H26O16. The summed E-state index contributed by atoms with van der Waals surface area (Å²) in [6, 6.07) is 8.97. The summed E-state index contributed by atoms with van der Waals surface area (Å²) >= 11 is 0. The van der Waals surface area contributed by atoms with Gasteiger partial charge in [-0.25, -0.2) is 19.2 Å². The Morgan fingerprint density at radius 1 is 0.574 bits per heavy atom. The van der Waals surface area contributed by atoms with Crippen molar-refractivity contribution in [2.75, 3.05) is 0 Å². The lowest BCUT2D eigenvalue weighted by Crippen LogP contribution is -2.45. The van der Waals surface area contributed by atoms with Gasteiger partial charge in [0.25, 0.3) is 0 Å². The summed E-state index contributed by atoms with van der Waals surface area (Å²) < 4.78 is 9.37. The number of benzene rings is 3. The van der Waals surface area contributed by atoms with Crippen LogP contribution in [0.5, 0.6) is 34.5 Å². The topological polar surface area (TPSA) is 286 Å². The van der Waals surface area contributed by atoms with Crippen LogP contribution in [0.4, 0.5) is 0 Å². The van der Waals surface area contributed by atoms with E-state index in [0.29, 0.717) is 12.2 Å². The molecule has 0 radical (unpaired) electrons. The van der Waals surface area contributed by atoms with Gasteiger partial charge in [-0.05, 0) is 71.7 Å². The molecule has 246 valence electrons. The second-order valence-corrected chi connectivity index (χ2v) is 9.70. The summed E-state index contributed by atoms with van der Waals surface area (Å²) in [7, 11) is 0. The second kappa shape index (κ2) is 14.8. The summed E-state index contributed by atoms with van der Waals surface area (Å²) in [5, 5.41) is 87.4. The predicted molar refractivity (Wildman–Crippen MR) is 156 cm³/mol. The number of esters is 2. The van der Waals surface area contributed by atoms with Crippen molar-refractivity contribution in [3.05, 3.63) is 82.9 Å². The van der Waals surface area contributed by atoms with Gasteiger partial charge < -0.3 is 55.4 Å². The minimum Gasteiger partial charge on any atom is -0.504 e. The van der Waals surface area contributed by atoms with E-state index in [2.05, 4.69) is 4.74 Å². The summed E-state index contributed by atoms with van der Waals surface area (Å²) in [4.78, 5) is 60.2. The number of rotatable bonds is 13. The van der Waals surface area contributed by atoms with Crippen molar-refractivity contribution in [3.63, 3.8) is 0 Å². The molecular weight excluding hydrogens is 628 g/mol. The number of phenolic OH excluding ortho intramolecular Hbond substituents is 6. The van der Waals surface area contributed by atoms with Gasteiger partial charge >= 0.3 is 29.8 Å². The number of carbonyl (C=O) groups is 5. The van der Waals surface area contributed by atoms with Gasteiger partial charge in [-0.3, -0.25) is 4.79 Å². The summed E-state index contributed by atoms with van der Waals surface area (Å²) in [6.07, 6.45) is -2.16. The molecule has 3 rings (SSSR count). The van der Waals surface area contributed by atoms with Crippen molar-refractivity contribution in [1.82, 2.24) is 0 Å². The maximum atomic E-state index is 12.5. The van der Waals surface area contributed by atoms with Crippen molar-refractivity contribution in [2.24, 2.45) is 0 Å². The third-order valence-corrected chi connectivity index (χ3v) is 6.37. The van der Waals surface area contributed by atoms with Crippen LogP contribution in [0.3, 0.4) is 0 Å². The molecule has 47 heavy (non-hydrogen) atoms. The Morgan fingerprint density at radius 2 is 1.06 bits per heavy atom. The minimum atomic E-state index is -2.55. The van der Waals surface area contributed by atoms with Crippen molar-refractivity contribution >= 4 is 42.0 Å². The maximum absolute atomic E-state index is 12.5. The summed E-state index contributed by atoms with van der Waals surface area (Å²) in [5.41, 5.74) is -0.00616. The fourth-order valence-corrected chi connectivity index (χ4v) is 4.07. The van der Waals surface area contributed by atoms with Crippen molar-refractivity contribution in [3.8, 4) is 34.5 Å². The van der Waals surface area contributed by atoms with Gasteiger partial charge in [0.1, 0.15) is 0 Å². The molecule has 3 atom stereocenters. The molecule has 0 saturated carbocycles. The number of hydrogen-bond acceptors (Lipinski definition) is 13. The van der Waals surface area contributed by atoms with E-state index in [1.165, 1.54) is 12.1 Å². The highest BCUT2D eigenvalue weighted by molar-refractivity contribution is 5.94. The Balaban J connectivity index is 1.79. The third-order valence-electron chi connectivity index (χ3n) is 6.37. The largest absolute Gasteiger partial charge is 0.504 e. The number of carbonyl (C=O) groups excluding carboxylic acids is 2. The zero-order valence-electron chi connectivity index (χ0n) is 23.8. The molecule has 9 N–H and O–H groups in total. The van der Waals surface area contributed by atoms with Crippen molar-refractivity contribution in [1.29, 1.82) is 0 Å². The van der Waals surface area contributed by atoms with Gasteiger partial charge in [0.2, 0.25) is 12.2 Å². The molecule has 0 spiro atoms. The van der Waals surface area contributed by atoms with Gasteiger partial charge in [-0.1, -0.05) is 12.1 Å². The van der Waals surface area contributed by atoms with E-state index in [4.69, 9.17) is 4.74 Å². The van der Waals surface area contributed by atoms with Crippen molar-refractivity contribution < 1.29 is 79.4 Å². The molecule has 0 aliphatic heterocycles.